The van der Waals surface area contributed by atoms with Crippen LogP contribution in [0.4, 0.5) is 10.2 Å². The van der Waals surface area contributed by atoms with Crippen molar-refractivity contribution in [1.29, 1.82) is 0 Å². The number of esters is 1. The summed E-state index contributed by atoms with van der Waals surface area (Å²) < 4.78 is 54.2. The molecular weight excluding hydrogens is 762 g/mol. The van der Waals surface area contributed by atoms with Gasteiger partial charge in [-0.1, -0.05) is 145 Å². The van der Waals surface area contributed by atoms with Crippen LogP contribution in [-0.4, -0.2) is 61.6 Å². The number of carbonyl (C=O) groups is 1. The number of imidazole rings is 1. The molecule has 1 aliphatic heterocycles. The number of nitrogens with one attached hydrogen (secondary N) is 1. The van der Waals surface area contributed by atoms with E-state index in [0.29, 0.717) is 0 Å². The van der Waals surface area contributed by atoms with Gasteiger partial charge in [-0.25, -0.2) is 9.55 Å². The van der Waals surface area contributed by atoms with E-state index in [1.807, 2.05) is 30.3 Å². The fourth-order valence-corrected chi connectivity index (χ4v) is 8.78. The van der Waals surface area contributed by atoms with Crippen molar-refractivity contribution >= 4 is 30.7 Å². The Hall–Kier alpha value is -3.94. The number of rotatable bonds is 27. The third-order valence-electron chi connectivity index (χ3n) is 10.6. The lowest BCUT2D eigenvalue weighted by molar-refractivity contribution is -0.146. The number of ether oxygens (including phenoxy) is 2. The summed E-state index contributed by atoms with van der Waals surface area (Å²) in [5.41, 5.74) is 5.52. The van der Waals surface area contributed by atoms with Crippen LogP contribution >= 0.6 is 7.75 Å². The Labute approximate surface area is 342 Å². The van der Waals surface area contributed by atoms with Crippen molar-refractivity contribution in [2.75, 3.05) is 18.9 Å². The maximum Gasteiger partial charge on any atom is 0.459 e. The summed E-state index contributed by atoms with van der Waals surface area (Å²) in [6.07, 6.45) is 17.1. The van der Waals surface area contributed by atoms with Gasteiger partial charge in [0.25, 0.3) is 0 Å². The number of aliphatic hydroxyl groups is 1. The monoisotopic (exact) mass is 824 g/mol. The van der Waals surface area contributed by atoms with Crippen LogP contribution in [0.3, 0.4) is 0 Å². The third kappa shape index (κ3) is 13.8. The molecule has 5 atom stereocenters. The van der Waals surface area contributed by atoms with E-state index >= 15 is 0 Å². The predicted octanol–water partition coefficient (Wildman–Crippen LogP) is 9.41. The number of hydrogen-bond acceptors (Lipinski definition) is 11. The molecule has 1 unspecified atom stereocenters. The maximum absolute atomic E-state index is 14.7. The van der Waals surface area contributed by atoms with E-state index in [0.717, 1.165) is 24.8 Å². The summed E-state index contributed by atoms with van der Waals surface area (Å²) in [4.78, 5) is 25.2. The van der Waals surface area contributed by atoms with Crippen LogP contribution in [0.25, 0.3) is 11.2 Å². The molecule has 0 amide bonds. The molecule has 2 aromatic carbocycles. The Bertz CT molecular complexity index is 1870. The molecule has 0 bridgehead atoms. The zero-order valence-corrected chi connectivity index (χ0v) is 35.0. The van der Waals surface area contributed by atoms with Gasteiger partial charge >= 0.3 is 19.8 Å². The van der Waals surface area contributed by atoms with E-state index in [2.05, 4.69) is 27.0 Å². The number of nitrogens with two attached hydrogens (primary N) is 1. The fraction of sp³-hybridized carbons (Fsp3) is 0.581. The quantitative estimate of drug-likeness (QED) is 0.0225. The molecule has 0 spiro atoms. The van der Waals surface area contributed by atoms with E-state index in [4.69, 9.17) is 24.3 Å². The molecule has 0 saturated carbocycles. The Morgan fingerprint density at radius 3 is 2.16 bits per heavy atom. The number of carbonyl (C=O) groups excluding carboxylic acids is 1. The number of nitrogens with zero attached hydrogens (tertiary/aromatic N) is 4. The fourth-order valence-electron chi connectivity index (χ4n) is 7.19. The number of fused-ring (bicyclic) bond motifs is 1. The second kappa shape index (κ2) is 23.0. The minimum Gasteiger partial charge on any atom is -0.465 e. The lowest BCUT2D eigenvalue weighted by atomic mass is 10.0. The lowest BCUT2D eigenvalue weighted by Gasteiger charge is -2.31. The van der Waals surface area contributed by atoms with Crippen LogP contribution in [0.2, 0.25) is 0 Å². The molecule has 5 rings (SSSR count). The Morgan fingerprint density at radius 2 is 1.53 bits per heavy atom. The molecule has 0 radical (unpaired) electrons. The van der Waals surface area contributed by atoms with Crippen molar-refractivity contribution in [1.82, 2.24) is 24.6 Å². The smallest absolute Gasteiger partial charge is 0.459 e. The first-order valence-electron chi connectivity index (χ1n) is 21.1. The molecular formula is C43H62FN6O7P. The number of benzene rings is 2. The standard InChI is InChI=1S/C43H62FN6O7P/c1-3-4-5-6-7-8-9-10-11-12-13-14-15-16-23-28-54-41(52)35(29-33-24-19-17-20-25-33)49-58(53,57-34-26-21-18-22-27-34)55-31-43(2)36(51)30-37(56-43)50-32-46-38-39(45)47-42(44)48-40(38)50/h17-22,24-27,32,35-37,51H,3-16,23,28-31H2,1-2H3,(H,49,53)(H2,45,47,48)/t35-,36-,37?,43+,58+/m0/s1. The van der Waals surface area contributed by atoms with Gasteiger partial charge < -0.3 is 24.8 Å². The van der Waals surface area contributed by atoms with Gasteiger partial charge in [0.2, 0.25) is 0 Å². The average Bonchev–Trinajstić information content (AvgIpc) is 3.77. The van der Waals surface area contributed by atoms with Gasteiger partial charge in [-0.05, 0) is 37.5 Å². The minimum atomic E-state index is -4.37. The van der Waals surface area contributed by atoms with Gasteiger partial charge in [-0.2, -0.15) is 19.4 Å². The number of aromatic nitrogens is 4. The number of nitrogen functional groups attached to an aromatic ring is 1. The highest BCUT2D eigenvalue weighted by atomic mass is 31.2. The molecule has 58 heavy (non-hydrogen) atoms. The largest absolute Gasteiger partial charge is 0.465 e. The van der Waals surface area contributed by atoms with Crippen LogP contribution in [0.15, 0.2) is 67.0 Å². The Kier molecular flexibility index (Phi) is 17.9. The number of anilines is 1. The first kappa shape index (κ1) is 45.1. The molecule has 4 N–H and O–H groups in total. The van der Waals surface area contributed by atoms with Crippen molar-refractivity contribution in [2.45, 2.75) is 147 Å². The van der Waals surface area contributed by atoms with E-state index < -0.39 is 50.4 Å². The molecule has 3 heterocycles. The summed E-state index contributed by atoms with van der Waals surface area (Å²) in [6, 6.07) is 16.7. The summed E-state index contributed by atoms with van der Waals surface area (Å²) in [5.74, 6) is -0.476. The molecule has 13 nitrogen and oxygen atoms in total. The van der Waals surface area contributed by atoms with Crippen LogP contribution < -0.4 is 15.3 Å². The third-order valence-corrected chi connectivity index (χ3v) is 12.2. The zero-order valence-electron chi connectivity index (χ0n) is 34.1. The SMILES string of the molecule is CCCCCCCCCCCCCCCCCOC(=O)[C@H](Cc1ccccc1)N[P@@](=O)(OC[C@@]1(C)OC(n2cnc3c(N)nc(F)nc32)C[C@@H]1O)Oc1ccccc1. The van der Waals surface area contributed by atoms with Crippen molar-refractivity contribution in [3.8, 4) is 5.75 Å². The highest BCUT2D eigenvalue weighted by Crippen LogP contribution is 2.48. The maximum atomic E-state index is 14.7. The second-order valence-electron chi connectivity index (χ2n) is 15.5. The zero-order chi connectivity index (χ0) is 41.2. The molecule has 2 aromatic heterocycles. The Balaban J connectivity index is 1.16. The second-order valence-corrected chi connectivity index (χ2v) is 17.2. The summed E-state index contributed by atoms with van der Waals surface area (Å²) >= 11 is 0. The van der Waals surface area contributed by atoms with Crippen molar-refractivity contribution in [3.05, 3.63) is 78.6 Å². The number of aliphatic hydroxyl groups excluding tert-OH is 1. The summed E-state index contributed by atoms with van der Waals surface area (Å²) in [7, 11) is -4.37. The minimum absolute atomic E-state index is 0.0520. The molecule has 1 fully saturated rings. The van der Waals surface area contributed by atoms with Crippen LogP contribution in [0.1, 0.15) is 128 Å². The summed E-state index contributed by atoms with van der Waals surface area (Å²) in [5, 5.41) is 14.1. The van der Waals surface area contributed by atoms with Crippen molar-refractivity contribution in [3.63, 3.8) is 0 Å². The van der Waals surface area contributed by atoms with Gasteiger partial charge in [-0.3, -0.25) is 13.9 Å². The van der Waals surface area contributed by atoms with E-state index in [-0.39, 0.29) is 42.2 Å². The van der Waals surface area contributed by atoms with Crippen LogP contribution in [0.5, 0.6) is 5.75 Å². The summed E-state index contributed by atoms with van der Waals surface area (Å²) in [6.45, 7) is 3.68. The molecule has 1 saturated heterocycles. The van der Waals surface area contributed by atoms with E-state index in [1.54, 1.807) is 37.3 Å². The first-order chi connectivity index (χ1) is 28.1. The van der Waals surface area contributed by atoms with Crippen LogP contribution in [0, 0.1) is 6.08 Å². The number of halogens is 1. The van der Waals surface area contributed by atoms with Gasteiger partial charge in [0.05, 0.1) is 25.6 Å². The first-order valence-corrected chi connectivity index (χ1v) is 22.6. The molecule has 0 aliphatic carbocycles. The highest BCUT2D eigenvalue weighted by molar-refractivity contribution is 7.52. The topological polar surface area (TPSA) is 173 Å². The highest BCUT2D eigenvalue weighted by Gasteiger charge is 2.48. The van der Waals surface area contributed by atoms with Gasteiger partial charge in [0.15, 0.2) is 17.0 Å². The van der Waals surface area contributed by atoms with Crippen LogP contribution in [-0.2, 0) is 29.8 Å². The molecule has 4 aromatic rings. The normalized spacial score (nSPS) is 19.6. The van der Waals surface area contributed by atoms with E-state index in [1.165, 1.54) is 87.9 Å². The predicted molar refractivity (Wildman–Crippen MR) is 222 cm³/mol. The average molecular weight is 825 g/mol. The molecule has 1 aliphatic rings. The van der Waals surface area contributed by atoms with Crippen molar-refractivity contribution < 1.29 is 37.4 Å². The van der Waals surface area contributed by atoms with Gasteiger partial charge in [0.1, 0.15) is 23.6 Å². The number of unbranched alkanes of at least 4 members (excludes halogenated alkanes) is 14. The van der Waals surface area contributed by atoms with Crippen molar-refractivity contribution in [2.24, 2.45) is 0 Å². The van der Waals surface area contributed by atoms with E-state index in [9.17, 15) is 18.9 Å². The molecule has 15 heteroatoms. The number of hydrogen-bond donors (Lipinski definition) is 3. The lowest BCUT2D eigenvalue weighted by Crippen LogP contribution is -2.43. The number of para-hydroxylation sites is 1. The van der Waals surface area contributed by atoms with Gasteiger partial charge in [-0.15, -0.1) is 0 Å². The van der Waals surface area contributed by atoms with Gasteiger partial charge in [0, 0.05) is 6.42 Å². The Morgan fingerprint density at radius 1 is 0.948 bits per heavy atom. The molecule has 318 valence electrons.